The molecule has 0 N–H and O–H groups in total. The van der Waals surface area contributed by atoms with Gasteiger partial charge in [-0.05, 0) is 57.0 Å². The summed E-state index contributed by atoms with van der Waals surface area (Å²) in [5, 5.41) is 4.08. The van der Waals surface area contributed by atoms with Gasteiger partial charge in [-0.25, -0.2) is 4.79 Å². The van der Waals surface area contributed by atoms with E-state index in [1.807, 2.05) is 18.7 Å². The van der Waals surface area contributed by atoms with Crippen molar-refractivity contribution in [2.75, 3.05) is 11.4 Å². The first-order chi connectivity index (χ1) is 10.7. The van der Waals surface area contributed by atoms with Crippen LogP contribution in [0.15, 0.2) is 9.00 Å². The molecule has 1 atom stereocenters. The van der Waals surface area contributed by atoms with Gasteiger partial charge in [0.2, 0.25) is 0 Å². The first-order valence-corrected chi connectivity index (χ1v) is 8.84. The van der Waals surface area contributed by atoms with Crippen molar-refractivity contribution in [1.29, 1.82) is 0 Å². The quantitative estimate of drug-likeness (QED) is 0.734. The molecule has 2 amide bonds. The summed E-state index contributed by atoms with van der Waals surface area (Å²) in [6, 6.07) is 0.0890. The molecule has 1 unspecified atom stereocenters. The van der Waals surface area contributed by atoms with Gasteiger partial charge in [0.05, 0.1) is 6.10 Å². The zero-order valence-corrected chi connectivity index (χ0v) is 16.3. The molecule has 7 heteroatoms. The molecule has 0 spiro atoms. The van der Waals surface area contributed by atoms with Gasteiger partial charge in [-0.15, -0.1) is 0 Å². The molecule has 1 saturated heterocycles. The summed E-state index contributed by atoms with van der Waals surface area (Å²) in [4.78, 5) is 16.5. The van der Waals surface area contributed by atoms with Crippen molar-refractivity contribution in [2.45, 2.75) is 72.3 Å². The summed E-state index contributed by atoms with van der Waals surface area (Å²) >= 11 is 3.50. The van der Waals surface area contributed by atoms with Gasteiger partial charge in [0.25, 0.3) is 0 Å². The minimum Gasteiger partial charge on any atom is -0.371 e. The predicted molar refractivity (Wildman–Crippen MR) is 92.5 cm³/mol. The number of nitrogens with zero attached hydrogens (tertiary/aromatic N) is 3. The molecule has 23 heavy (non-hydrogen) atoms. The van der Waals surface area contributed by atoms with Crippen LogP contribution in [0.2, 0.25) is 0 Å². The number of halogens is 1. The van der Waals surface area contributed by atoms with Crippen LogP contribution in [-0.4, -0.2) is 40.3 Å². The van der Waals surface area contributed by atoms with Gasteiger partial charge in [-0.1, -0.05) is 12.1 Å². The van der Waals surface area contributed by atoms with E-state index in [-0.39, 0.29) is 23.7 Å². The highest BCUT2D eigenvalue weighted by Gasteiger charge is 2.44. The predicted octanol–water partition coefficient (Wildman–Crippen LogP) is 4.18. The topological polar surface area (TPSA) is 58.8 Å². The van der Waals surface area contributed by atoms with Gasteiger partial charge < -0.3 is 14.2 Å². The van der Waals surface area contributed by atoms with Gasteiger partial charge >= 0.3 is 6.03 Å². The maximum atomic E-state index is 12.9. The molecule has 1 fully saturated rings. The summed E-state index contributed by atoms with van der Waals surface area (Å²) in [5.74, 6) is 1.13. The Kier molecular flexibility index (Phi) is 5.41. The van der Waals surface area contributed by atoms with Crippen LogP contribution < -0.4 is 4.90 Å². The van der Waals surface area contributed by atoms with Crippen molar-refractivity contribution in [2.24, 2.45) is 0 Å². The molecule has 0 aliphatic carbocycles. The lowest BCUT2D eigenvalue weighted by Crippen LogP contribution is -2.49. The lowest BCUT2D eigenvalue weighted by atomic mass is 9.98. The van der Waals surface area contributed by atoms with E-state index in [1.165, 1.54) is 0 Å². The minimum absolute atomic E-state index is 0.0327. The lowest BCUT2D eigenvalue weighted by molar-refractivity contribution is 0.0508. The fraction of sp³-hybridized carbons (Fsp3) is 0.750. The number of hydrogen-bond donors (Lipinski definition) is 0. The third-order valence-electron chi connectivity index (χ3n) is 4.33. The molecule has 2 heterocycles. The van der Waals surface area contributed by atoms with Crippen LogP contribution in [0.4, 0.5) is 10.6 Å². The summed E-state index contributed by atoms with van der Waals surface area (Å²) in [6.45, 7) is 13.2. The smallest absolute Gasteiger partial charge is 0.326 e. The Morgan fingerprint density at radius 1 is 1.48 bits per heavy atom. The largest absolute Gasteiger partial charge is 0.371 e. The Morgan fingerprint density at radius 2 is 2.13 bits per heavy atom. The van der Waals surface area contributed by atoms with Gasteiger partial charge in [-0.2, -0.15) is 0 Å². The number of rotatable bonds is 6. The normalized spacial score (nSPS) is 19.3. The van der Waals surface area contributed by atoms with Gasteiger partial charge in [0.15, 0.2) is 11.6 Å². The molecule has 1 aliphatic rings. The highest BCUT2D eigenvalue weighted by atomic mass is 79.9. The first-order valence-electron chi connectivity index (χ1n) is 8.05. The van der Waals surface area contributed by atoms with Gasteiger partial charge in [-0.3, -0.25) is 4.90 Å². The number of amides is 2. The fourth-order valence-corrected chi connectivity index (χ4v) is 3.22. The number of urea groups is 1. The first kappa shape index (κ1) is 18.3. The van der Waals surface area contributed by atoms with Crippen LogP contribution in [0, 0.1) is 0 Å². The molecule has 6 nitrogen and oxygen atoms in total. The standard InChI is InChI=1S/C16H26BrN3O3/c1-7-16(5,6)20-11(4)8-19(15(20)21)14-13(17)12(23-18-14)9-22-10(2)3/h10-11H,7-9H2,1-6H3. The Labute approximate surface area is 146 Å². The highest BCUT2D eigenvalue weighted by Crippen LogP contribution is 2.36. The summed E-state index contributed by atoms with van der Waals surface area (Å²) in [7, 11) is 0. The second-order valence-corrected chi connectivity index (χ2v) is 7.67. The van der Waals surface area contributed by atoms with E-state index in [2.05, 4.69) is 48.8 Å². The molecule has 0 aromatic carbocycles. The highest BCUT2D eigenvalue weighted by molar-refractivity contribution is 9.10. The Hall–Kier alpha value is -1.08. The lowest BCUT2D eigenvalue weighted by Gasteiger charge is -2.37. The molecule has 130 valence electrons. The van der Waals surface area contributed by atoms with E-state index in [4.69, 9.17) is 9.26 Å². The van der Waals surface area contributed by atoms with E-state index in [0.29, 0.717) is 29.2 Å². The van der Waals surface area contributed by atoms with Crippen molar-refractivity contribution >= 4 is 27.8 Å². The zero-order valence-electron chi connectivity index (χ0n) is 14.7. The molecular formula is C16H26BrN3O3. The van der Waals surface area contributed by atoms with Crippen LogP contribution in [0.1, 0.15) is 53.7 Å². The van der Waals surface area contributed by atoms with E-state index < -0.39 is 0 Å². The number of carbonyl (C=O) groups is 1. The molecule has 0 bridgehead atoms. The van der Waals surface area contributed by atoms with Crippen LogP contribution in [-0.2, 0) is 11.3 Å². The van der Waals surface area contributed by atoms with Crippen molar-refractivity contribution < 1.29 is 14.1 Å². The van der Waals surface area contributed by atoms with Crippen molar-refractivity contribution in [3.63, 3.8) is 0 Å². The number of aromatic nitrogens is 1. The van der Waals surface area contributed by atoms with Crippen molar-refractivity contribution in [3.8, 4) is 0 Å². The third kappa shape index (κ3) is 3.55. The van der Waals surface area contributed by atoms with Crippen LogP contribution in [0.5, 0.6) is 0 Å². The summed E-state index contributed by atoms with van der Waals surface area (Å²) in [5.41, 5.74) is -0.189. The van der Waals surface area contributed by atoms with Gasteiger partial charge in [0.1, 0.15) is 11.1 Å². The van der Waals surface area contributed by atoms with E-state index in [1.54, 1.807) is 4.90 Å². The zero-order chi connectivity index (χ0) is 17.4. The fourth-order valence-electron chi connectivity index (χ4n) is 2.75. The third-order valence-corrected chi connectivity index (χ3v) is 5.13. The van der Waals surface area contributed by atoms with E-state index in [0.717, 1.165) is 6.42 Å². The number of ether oxygens (including phenoxy) is 1. The number of anilines is 1. The summed E-state index contributed by atoms with van der Waals surface area (Å²) < 4.78 is 11.6. The molecule has 1 aliphatic heterocycles. The molecule has 0 radical (unpaired) electrons. The molecule has 1 aromatic heterocycles. The van der Waals surface area contributed by atoms with Crippen LogP contribution in [0.25, 0.3) is 0 Å². The second-order valence-electron chi connectivity index (χ2n) is 6.88. The maximum Gasteiger partial charge on any atom is 0.326 e. The van der Waals surface area contributed by atoms with E-state index in [9.17, 15) is 4.79 Å². The number of carbonyl (C=O) groups excluding carboxylic acids is 1. The van der Waals surface area contributed by atoms with E-state index >= 15 is 0 Å². The minimum atomic E-state index is -0.189. The molecule has 0 saturated carbocycles. The molecular weight excluding hydrogens is 362 g/mol. The van der Waals surface area contributed by atoms with Crippen molar-refractivity contribution in [1.82, 2.24) is 10.1 Å². The van der Waals surface area contributed by atoms with Crippen molar-refractivity contribution in [3.05, 3.63) is 10.2 Å². The Balaban J connectivity index is 2.22. The second kappa shape index (κ2) is 6.81. The summed E-state index contributed by atoms with van der Waals surface area (Å²) in [6.07, 6.45) is 0.995. The monoisotopic (exact) mass is 387 g/mol. The van der Waals surface area contributed by atoms with Crippen LogP contribution in [0.3, 0.4) is 0 Å². The SMILES string of the molecule is CCC(C)(C)N1C(=O)N(c2noc(COC(C)C)c2Br)CC1C. The molecule has 2 rings (SSSR count). The van der Waals surface area contributed by atoms with Crippen LogP contribution >= 0.6 is 15.9 Å². The molecule has 1 aromatic rings. The average Bonchev–Trinajstić information content (AvgIpc) is 2.97. The van der Waals surface area contributed by atoms with Gasteiger partial charge in [0, 0.05) is 18.1 Å². The average molecular weight is 388 g/mol. The Morgan fingerprint density at radius 3 is 2.70 bits per heavy atom. The Bertz CT molecular complexity index is 571. The number of hydrogen-bond acceptors (Lipinski definition) is 4. The maximum absolute atomic E-state index is 12.9.